The van der Waals surface area contributed by atoms with Crippen LogP contribution in [0.25, 0.3) is 0 Å². The maximum absolute atomic E-state index is 11.9. The van der Waals surface area contributed by atoms with Crippen LogP contribution in [0.1, 0.15) is 28.5 Å². The predicted octanol–water partition coefficient (Wildman–Crippen LogP) is 0.329. The molecule has 3 N–H and O–H groups in total. The second kappa shape index (κ2) is 5.63. The lowest BCUT2D eigenvalue weighted by molar-refractivity contribution is 0.0948. The Morgan fingerprint density at radius 2 is 2.12 bits per heavy atom. The Morgan fingerprint density at radius 3 is 2.65 bits per heavy atom. The SMILES string of the molecule is CNC(C)CNC(=O)c1c(C)cc(C)[nH]c1=O. The van der Waals surface area contributed by atoms with Gasteiger partial charge in [0.2, 0.25) is 0 Å². The zero-order valence-electron chi connectivity index (χ0n) is 10.7. The van der Waals surface area contributed by atoms with Gasteiger partial charge in [-0.3, -0.25) is 9.59 Å². The molecule has 1 atom stereocenters. The summed E-state index contributed by atoms with van der Waals surface area (Å²) in [7, 11) is 1.82. The molecular weight excluding hydrogens is 218 g/mol. The first-order valence-corrected chi connectivity index (χ1v) is 5.61. The summed E-state index contributed by atoms with van der Waals surface area (Å²) in [5.41, 5.74) is 1.31. The Balaban J connectivity index is 2.86. The minimum absolute atomic E-state index is 0.170. The van der Waals surface area contributed by atoms with Crippen molar-refractivity contribution in [1.82, 2.24) is 15.6 Å². The molecule has 0 fully saturated rings. The van der Waals surface area contributed by atoms with E-state index in [1.165, 1.54) is 0 Å². The number of H-pyrrole nitrogens is 1. The minimum Gasteiger partial charge on any atom is -0.350 e. The van der Waals surface area contributed by atoms with Crippen LogP contribution in [0.3, 0.4) is 0 Å². The second-order valence-electron chi connectivity index (χ2n) is 4.24. The number of rotatable bonds is 4. The molecule has 5 nitrogen and oxygen atoms in total. The first kappa shape index (κ1) is 13.4. The van der Waals surface area contributed by atoms with Gasteiger partial charge >= 0.3 is 0 Å². The highest BCUT2D eigenvalue weighted by molar-refractivity contribution is 5.95. The van der Waals surface area contributed by atoms with Crippen LogP contribution in [0.4, 0.5) is 0 Å². The summed E-state index contributed by atoms with van der Waals surface area (Å²) >= 11 is 0. The number of aryl methyl sites for hydroxylation is 2. The molecule has 5 heteroatoms. The number of aromatic amines is 1. The fourth-order valence-electron chi connectivity index (χ4n) is 1.57. The average Bonchev–Trinajstić information content (AvgIpc) is 2.24. The third kappa shape index (κ3) is 3.42. The van der Waals surface area contributed by atoms with Crippen LogP contribution in [-0.4, -0.2) is 30.5 Å². The lowest BCUT2D eigenvalue weighted by atomic mass is 10.1. The summed E-state index contributed by atoms with van der Waals surface area (Å²) in [6.45, 7) is 5.99. The maximum atomic E-state index is 11.9. The van der Waals surface area contributed by atoms with Gasteiger partial charge < -0.3 is 15.6 Å². The molecular formula is C12H19N3O2. The molecule has 1 heterocycles. The Hall–Kier alpha value is -1.62. The van der Waals surface area contributed by atoms with Crippen LogP contribution < -0.4 is 16.2 Å². The van der Waals surface area contributed by atoms with Crippen molar-refractivity contribution < 1.29 is 4.79 Å². The van der Waals surface area contributed by atoms with E-state index in [-0.39, 0.29) is 23.1 Å². The number of carbonyl (C=O) groups excluding carboxylic acids is 1. The summed E-state index contributed by atoms with van der Waals surface area (Å²) in [4.78, 5) is 26.2. The van der Waals surface area contributed by atoms with E-state index in [2.05, 4.69) is 15.6 Å². The van der Waals surface area contributed by atoms with Crippen LogP contribution in [-0.2, 0) is 0 Å². The van der Waals surface area contributed by atoms with Gasteiger partial charge in [0.05, 0.1) is 0 Å². The molecule has 0 spiro atoms. The van der Waals surface area contributed by atoms with Gasteiger partial charge in [0, 0.05) is 18.3 Å². The van der Waals surface area contributed by atoms with Crippen LogP contribution in [0.2, 0.25) is 0 Å². The standard InChI is InChI=1S/C12H19N3O2/c1-7-5-8(2)15-12(17)10(7)11(16)14-6-9(3)13-4/h5,9,13H,6H2,1-4H3,(H,14,16)(H,15,17). The number of amides is 1. The first-order chi connectivity index (χ1) is 7.95. The molecule has 0 aliphatic rings. The molecule has 0 bridgehead atoms. The Kier molecular flexibility index (Phi) is 4.45. The monoisotopic (exact) mass is 237 g/mol. The van der Waals surface area contributed by atoms with Crippen molar-refractivity contribution in [3.8, 4) is 0 Å². The van der Waals surface area contributed by atoms with E-state index in [1.54, 1.807) is 19.9 Å². The summed E-state index contributed by atoms with van der Waals surface area (Å²) in [6, 6.07) is 1.96. The van der Waals surface area contributed by atoms with Crippen molar-refractivity contribution >= 4 is 5.91 Å². The highest BCUT2D eigenvalue weighted by Crippen LogP contribution is 2.03. The van der Waals surface area contributed by atoms with Crippen molar-refractivity contribution in [3.05, 3.63) is 33.2 Å². The molecule has 0 aliphatic carbocycles. The fourth-order valence-corrected chi connectivity index (χ4v) is 1.57. The molecule has 94 valence electrons. The summed E-state index contributed by atoms with van der Waals surface area (Å²) in [5, 5.41) is 5.74. The van der Waals surface area contributed by atoms with E-state index in [0.29, 0.717) is 12.1 Å². The largest absolute Gasteiger partial charge is 0.350 e. The van der Waals surface area contributed by atoms with Crippen LogP contribution in [0.5, 0.6) is 0 Å². The zero-order chi connectivity index (χ0) is 13.0. The lowest BCUT2D eigenvalue weighted by Crippen LogP contribution is -2.39. The van der Waals surface area contributed by atoms with Crippen molar-refractivity contribution in [3.63, 3.8) is 0 Å². The molecule has 1 unspecified atom stereocenters. The highest BCUT2D eigenvalue weighted by Gasteiger charge is 2.14. The Labute approximate surface area is 101 Å². The molecule has 0 saturated heterocycles. The topological polar surface area (TPSA) is 74.0 Å². The third-order valence-corrected chi connectivity index (χ3v) is 2.65. The predicted molar refractivity (Wildman–Crippen MR) is 67.4 cm³/mol. The van der Waals surface area contributed by atoms with Gasteiger partial charge in [-0.15, -0.1) is 0 Å². The number of nitrogens with one attached hydrogen (secondary N) is 3. The van der Waals surface area contributed by atoms with Gasteiger partial charge in [-0.25, -0.2) is 0 Å². The zero-order valence-corrected chi connectivity index (χ0v) is 10.7. The molecule has 0 aliphatic heterocycles. The first-order valence-electron chi connectivity index (χ1n) is 5.61. The van der Waals surface area contributed by atoms with Gasteiger partial charge in [-0.05, 0) is 39.4 Å². The van der Waals surface area contributed by atoms with Gasteiger partial charge in [-0.2, -0.15) is 0 Å². The summed E-state index contributed by atoms with van der Waals surface area (Å²) in [5.74, 6) is -0.328. The van der Waals surface area contributed by atoms with Crippen LogP contribution in [0.15, 0.2) is 10.9 Å². The van der Waals surface area contributed by atoms with Gasteiger partial charge in [-0.1, -0.05) is 0 Å². The third-order valence-electron chi connectivity index (χ3n) is 2.65. The Bertz CT molecular complexity index is 465. The van der Waals surface area contributed by atoms with E-state index in [4.69, 9.17) is 0 Å². The number of aromatic nitrogens is 1. The number of hydrogen-bond acceptors (Lipinski definition) is 3. The van der Waals surface area contributed by atoms with Gasteiger partial charge in [0.1, 0.15) is 5.56 Å². The molecule has 1 rings (SSSR count). The lowest BCUT2D eigenvalue weighted by Gasteiger charge is -2.12. The van der Waals surface area contributed by atoms with E-state index in [9.17, 15) is 9.59 Å². The van der Waals surface area contributed by atoms with Crippen LogP contribution >= 0.6 is 0 Å². The van der Waals surface area contributed by atoms with E-state index in [1.807, 2.05) is 14.0 Å². The quantitative estimate of drug-likeness (QED) is 0.706. The molecule has 1 amide bonds. The summed E-state index contributed by atoms with van der Waals surface area (Å²) < 4.78 is 0. The number of pyridine rings is 1. The number of likely N-dealkylation sites (N-methyl/N-ethyl adjacent to an activating group) is 1. The molecule has 1 aromatic rings. The average molecular weight is 237 g/mol. The Morgan fingerprint density at radius 1 is 1.47 bits per heavy atom. The van der Waals surface area contributed by atoms with Crippen molar-refractivity contribution in [1.29, 1.82) is 0 Å². The highest BCUT2D eigenvalue weighted by atomic mass is 16.2. The molecule has 0 saturated carbocycles. The van der Waals surface area contributed by atoms with Crippen molar-refractivity contribution in [2.24, 2.45) is 0 Å². The second-order valence-corrected chi connectivity index (χ2v) is 4.24. The van der Waals surface area contributed by atoms with Crippen molar-refractivity contribution in [2.45, 2.75) is 26.8 Å². The number of carbonyl (C=O) groups is 1. The molecule has 0 radical (unpaired) electrons. The fraction of sp³-hybridized carbons (Fsp3) is 0.500. The molecule has 17 heavy (non-hydrogen) atoms. The van der Waals surface area contributed by atoms with E-state index < -0.39 is 0 Å². The smallest absolute Gasteiger partial charge is 0.261 e. The van der Waals surface area contributed by atoms with E-state index >= 15 is 0 Å². The normalized spacial score (nSPS) is 12.2. The summed E-state index contributed by atoms with van der Waals surface area (Å²) in [6.07, 6.45) is 0. The number of hydrogen-bond donors (Lipinski definition) is 3. The maximum Gasteiger partial charge on any atom is 0.261 e. The van der Waals surface area contributed by atoms with Crippen LogP contribution in [0, 0.1) is 13.8 Å². The molecule has 0 aromatic carbocycles. The molecule has 1 aromatic heterocycles. The minimum atomic E-state index is -0.336. The van der Waals surface area contributed by atoms with Gasteiger partial charge in [0.15, 0.2) is 0 Å². The van der Waals surface area contributed by atoms with E-state index in [0.717, 1.165) is 5.69 Å². The van der Waals surface area contributed by atoms with Gasteiger partial charge in [0.25, 0.3) is 11.5 Å². The van der Waals surface area contributed by atoms with Crippen molar-refractivity contribution in [2.75, 3.05) is 13.6 Å².